The van der Waals surface area contributed by atoms with Gasteiger partial charge in [0, 0.05) is 29.5 Å². The highest BCUT2D eigenvalue weighted by atomic mass is 35.5. The minimum atomic E-state index is -3.24. The quantitative estimate of drug-likeness (QED) is 0.409. The molecule has 1 unspecified atom stereocenters. The van der Waals surface area contributed by atoms with Crippen LogP contribution >= 0.6 is 19.0 Å². The van der Waals surface area contributed by atoms with E-state index >= 15 is 4.57 Å². The molecule has 1 aliphatic heterocycles. The first kappa shape index (κ1) is 20.5. The zero-order chi connectivity index (χ0) is 21.0. The zero-order valence-corrected chi connectivity index (χ0v) is 18.2. The first-order valence-electron chi connectivity index (χ1n) is 10.0. The first-order chi connectivity index (χ1) is 14.6. The molecule has 0 amide bonds. The standard InChI is InChI=1S/C24H23ClN3OP/c25-21-14-12-20(13-15-21)24(16-17-26)30(29)27(22-8-3-1-4-9-22)18-7-19-28(30)23-10-5-2-6-11-23/h1-6,8-15,24H,7,16,18-19H2. The van der Waals surface area contributed by atoms with Gasteiger partial charge in [-0.05, 0) is 48.4 Å². The van der Waals surface area contributed by atoms with Crippen LogP contribution in [0.1, 0.15) is 24.1 Å². The molecule has 1 saturated heterocycles. The molecule has 3 aromatic rings. The number of hydrogen-bond acceptors (Lipinski definition) is 2. The van der Waals surface area contributed by atoms with Crippen molar-refractivity contribution in [2.75, 3.05) is 22.4 Å². The number of nitrogens with zero attached hydrogens (tertiary/aromatic N) is 3. The van der Waals surface area contributed by atoms with Crippen molar-refractivity contribution < 1.29 is 4.57 Å². The smallest absolute Gasteiger partial charge is 0.271 e. The summed E-state index contributed by atoms with van der Waals surface area (Å²) in [5, 5.41) is 10.3. The van der Waals surface area contributed by atoms with E-state index in [1.54, 1.807) is 12.1 Å². The van der Waals surface area contributed by atoms with Gasteiger partial charge in [-0.25, -0.2) is 0 Å². The average molecular weight is 436 g/mol. The number of benzene rings is 3. The monoisotopic (exact) mass is 435 g/mol. The van der Waals surface area contributed by atoms with Crippen LogP contribution in [0, 0.1) is 11.3 Å². The van der Waals surface area contributed by atoms with E-state index in [0.717, 1.165) is 23.4 Å². The number of hydrogen-bond donors (Lipinski definition) is 0. The van der Waals surface area contributed by atoms with E-state index in [4.69, 9.17) is 11.6 Å². The second kappa shape index (κ2) is 8.96. The summed E-state index contributed by atoms with van der Waals surface area (Å²) in [7, 11) is -3.24. The van der Waals surface area contributed by atoms with Gasteiger partial charge in [0.2, 0.25) is 0 Å². The average Bonchev–Trinajstić information content (AvgIpc) is 2.79. The van der Waals surface area contributed by atoms with E-state index < -0.39 is 13.1 Å². The number of anilines is 2. The SMILES string of the molecule is N#CCC(c1ccc(Cl)cc1)P1(=O)N(c2ccccc2)CCCN1c1ccccc1. The summed E-state index contributed by atoms with van der Waals surface area (Å²) in [6.45, 7) is 1.36. The van der Waals surface area contributed by atoms with Gasteiger partial charge in [-0.15, -0.1) is 0 Å². The topological polar surface area (TPSA) is 47.3 Å². The molecule has 0 aromatic heterocycles. The van der Waals surface area contributed by atoms with Gasteiger partial charge >= 0.3 is 0 Å². The molecule has 0 radical (unpaired) electrons. The molecular weight excluding hydrogens is 413 g/mol. The van der Waals surface area contributed by atoms with Crippen LogP contribution in [0.25, 0.3) is 0 Å². The minimum absolute atomic E-state index is 0.158. The summed E-state index contributed by atoms with van der Waals surface area (Å²) < 4.78 is 19.2. The molecule has 6 heteroatoms. The molecule has 4 rings (SSSR count). The minimum Gasteiger partial charge on any atom is -0.306 e. The Morgan fingerprint density at radius 2 is 1.37 bits per heavy atom. The molecule has 1 heterocycles. The van der Waals surface area contributed by atoms with E-state index in [-0.39, 0.29) is 6.42 Å². The fourth-order valence-corrected chi connectivity index (χ4v) is 7.84. The number of halogens is 1. The summed E-state index contributed by atoms with van der Waals surface area (Å²) in [4.78, 5) is 0. The summed E-state index contributed by atoms with van der Waals surface area (Å²) >= 11 is 6.11. The van der Waals surface area contributed by atoms with Gasteiger partial charge in [-0.1, -0.05) is 60.1 Å². The normalized spacial score (nSPS) is 16.7. The van der Waals surface area contributed by atoms with Crippen LogP contribution in [0.5, 0.6) is 0 Å². The van der Waals surface area contributed by atoms with Crippen molar-refractivity contribution in [3.05, 3.63) is 95.5 Å². The molecule has 0 N–H and O–H groups in total. The van der Waals surface area contributed by atoms with Crippen molar-refractivity contribution in [3.8, 4) is 6.07 Å². The Labute approximate surface area is 182 Å². The third kappa shape index (κ3) is 3.84. The van der Waals surface area contributed by atoms with Crippen molar-refractivity contribution in [1.29, 1.82) is 5.26 Å². The van der Waals surface area contributed by atoms with Crippen molar-refractivity contribution in [3.63, 3.8) is 0 Å². The number of rotatable bonds is 5. The predicted molar refractivity (Wildman–Crippen MR) is 124 cm³/mol. The van der Waals surface area contributed by atoms with Gasteiger partial charge in [0.1, 0.15) is 0 Å². The molecule has 4 nitrogen and oxygen atoms in total. The Morgan fingerprint density at radius 1 is 0.867 bits per heavy atom. The van der Waals surface area contributed by atoms with Crippen molar-refractivity contribution >= 4 is 30.4 Å². The predicted octanol–water partition coefficient (Wildman–Crippen LogP) is 6.90. The molecule has 1 atom stereocenters. The van der Waals surface area contributed by atoms with Crippen LogP contribution in [0.15, 0.2) is 84.9 Å². The van der Waals surface area contributed by atoms with E-state index in [2.05, 4.69) is 6.07 Å². The van der Waals surface area contributed by atoms with Gasteiger partial charge in [0.05, 0.1) is 18.1 Å². The van der Waals surface area contributed by atoms with Gasteiger partial charge in [-0.2, -0.15) is 5.26 Å². The first-order valence-corrected chi connectivity index (χ1v) is 12.1. The summed E-state index contributed by atoms with van der Waals surface area (Å²) in [5.74, 6) is 0. The largest absolute Gasteiger partial charge is 0.306 e. The van der Waals surface area contributed by atoms with Crippen LogP contribution in [0.3, 0.4) is 0 Å². The van der Waals surface area contributed by atoms with E-state index in [0.29, 0.717) is 18.1 Å². The number of para-hydroxylation sites is 2. The lowest BCUT2D eigenvalue weighted by molar-refractivity contribution is 0.547. The van der Waals surface area contributed by atoms with Crippen LogP contribution in [0.2, 0.25) is 5.02 Å². The van der Waals surface area contributed by atoms with Crippen molar-refractivity contribution in [1.82, 2.24) is 0 Å². The Morgan fingerprint density at radius 3 is 1.83 bits per heavy atom. The Balaban J connectivity index is 1.90. The molecule has 0 saturated carbocycles. The fraction of sp³-hybridized carbons (Fsp3) is 0.208. The Bertz CT molecular complexity index is 1020. The maximum Gasteiger partial charge on any atom is 0.271 e. The summed E-state index contributed by atoms with van der Waals surface area (Å²) in [5.41, 5.74) is 2.24. The maximum atomic E-state index is 15.1. The Hall–Kier alpha value is -2.73. The van der Waals surface area contributed by atoms with E-state index in [1.165, 1.54) is 0 Å². The lowest BCUT2D eigenvalue weighted by Gasteiger charge is -2.48. The maximum absolute atomic E-state index is 15.1. The Kier molecular flexibility index (Phi) is 6.13. The molecule has 0 aliphatic carbocycles. The summed E-state index contributed by atoms with van der Waals surface area (Å²) in [6, 6.07) is 29.4. The van der Waals surface area contributed by atoms with Gasteiger partial charge in [0.25, 0.3) is 7.44 Å². The lowest BCUT2D eigenvalue weighted by atomic mass is 10.1. The van der Waals surface area contributed by atoms with Crippen LogP contribution in [-0.4, -0.2) is 13.1 Å². The second-order valence-electron chi connectivity index (χ2n) is 7.29. The van der Waals surface area contributed by atoms with Crippen LogP contribution in [0.4, 0.5) is 11.4 Å². The highest BCUT2D eigenvalue weighted by Gasteiger charge is 2.47. The summed E-state index contributed by atoms with van der Waals surface area (Å²) in [6.07, 6.45) is 1.04. The third-order valence-corrected chi connectivity index (χ3v) is 9.28. The molecule has 0 spiro atoms. The van der Waals surface area contributed by atoms with E-state index in [1.807, 2.05) is 82.1 Å². The van der Waals surface area contributed by atoms with Crippen LogP contribution < -0.4 is 9.34 Å². The fourth-order valence-electron chi connectivity index (χ4n) is 4.12. The molecule has 0 bridgehead atoms. The van der Waals surface area contributed by atoms with Crippen molar-refractivity contribution in [2.24, 2.45) is 0 Å². The van der Waals surface area contributed by atoms with Gasteiger partial charge in [-0.3, -0.25) is 4.57 Å². The highest BCUT2D eigenvalue weighted by molar-refractivity contribution is 7.67. The molecule has 30 heavy (non-hydrogen) atoms. The van der Waals surface area contributed by atoms with Gasteiger partial charge in [0.15, 0.2) is 0 Å². The third-order valence-electron chi connectivity index (χ3n) is 5.49. The van der Waals surface area contributed by atoms with Gasteiger partial charge < -0.3 is 9.34 Å². The molecule has 3 aromatic carbocycles. The molecular formula is C24H23ClN3OP. The highest BCUT2D eigenvalue weighted by Crippen LogP contribution is 2.68. The van der Waals surface area contributed by atoms with E-state index in [9.17, 15) is 5.26 Å². The van der Waals surface area contributed by atoms with Crippen LogP contribution in [-0.2, 0) is 4.57 Å². The molecule has 152 valence electrons. The zero-order valence-electron chi connectivity index (χ0n) is 16.6. The molecule has 1 aliphatic rings. The second-order valence-corrected chi connectivity index (χ2v) is 10.5. The lowest BCUT2D eigenvalue weighted by Crippen LogP contribution is -2.41. The van der Waals surface area contributed by atoms with Crippen molar-refractivity contribution in [2.45, 2.75) is 18.5 Å². The number of nitriles is 1. The molecule has 1 fully saturated rings.